The standard InChI is InChI=1S/C20H18F2INO5/c1-4-19(21)17(28-16(27)15-8-6-5-7-9-15)20(22,12-23)29-18(19)24(14(3)26)11-10-13(2)25/h1,5-11,17-18H,12H2,2-3H3/b11-10-/t17-,18+,19+,20+/m0/s1. The van der Waals surface area contributed by atoms with Gasteiger partial charge in [0.15, 0.2) is 12.0 Å². The molecule has 1 aliphatic heterocycles. The van der Waals surface area contributed by atoms with Gasteiger partial charge >= 0.3 is 5.97 Å². The maximum Gasteiger partial charge on any atom is 0.338 e. The molecule has 0 unspecified atom stereocenters. The average molecular weight is 517 g/mol. The van der Waals surface area contributed by atoms with Crippen molar-refractivity contribution >= 4 is 40.3 Å². The molecular weight excluding hydrogens is 499 g/mol. The van der Waals surface area contributed by atoms with Gasteiger partial charge in [0.25, 0.3) is 11.5 Å². The summed E-state index contributed by atoms with van der Waals surface area (Å²) in [5, 5.41) is 0. The van der Waals surface area contributed by atoms with Crippen LogP contribution in [-0.2, 0) is 19.1 Å². The lowest BCUT2D eigenvalue weighted by Crippen LogP contribution is -2.53. The molecule has 9 heteroatoms. The molecule has 0 bridgehead atoms. The SMILES string of the molecule is C#C[C@]1(F)[C@H](N(/C=C\C(C)=O)C(C)=O)O[C@](F)(CI)[C@H]1OC(=O)c1ccccc1. The second kappa shape index (κ2) is 9.00. The first-order chi connectivity index (χ1) is 13.6. The molecular formula is C20H18F2INO5. The number of terminal acetylenes is 1. The number of esters is 1. The predicted molar refractivity (Wildman–Crippen MR) is 108 cm³/mol. The fourth-order valence-electron chi connectivity index (χ4n) is 2.74. The Balaban J connectivity index is 2.47. The van der Waals surface area contributed by atoms with Gasteiger partial charge in [0.05, 0.1) is 9.99 Å². The summed E-state index contributed by atoms with van der Waals surface area (Å²) in [6.45, 7) is 2.28. The fraction of sp³-hybridized carbons (Fsp3) is 0.350. The third-order valence-electron chi connectivity index (χ3n) is 4.16. The number of carbonyl (C=O) groups is 3. The van der Waals surface area contributed by atoms with Gasteiger partial charge in [0, 0.05) is 13.1 Å². The number of rotatable bonds is 6. The van der Waals surface area contributed by atoms with E-state index in [-0.39, 0.29) is 5.56 Å². The maximum atomic E-state index is 15.9. The van der Waals surface area contributed by atoms with Crippen LogP contribution < -0.4 is 0 Å². The van der Waals surface area contributed by atoms with E-state index >= 15 is 8.78 Å². The van der Waals surface area contributed by atoms with Crippen molar-refractivity contribution in [2.24, 2.45) is 0 Å². The van der Waals surface area contributed by atoms with E-state index in [4.69, 9.17) is 15.9 Å². The van der Waals surface area contributed by atoms with Crippen LogP contribution in [0.5, 0.6) is 0 Å². The number of alkyl halides is 3. The van der Waals surface area contributed by atoms with Crippen LogP contribution in [0.15, 0.2) is 42.6 Å². The van der Waals surface area contributed by atoms with Crippen molar-refractivity contribution in [3.8, 4) is 12.3 Å². The zero-order valence-corrected chi connectivity index (χ0v) is 17.8. The minimum absolute atomic E-state index is 0.0611. The van der Waals surface area contributed by atoms with Gasteiger partial charge in [-0.25, -0.2) is 13.6 Å². The molecule has 0 spiro atoms. The molecule has 1 heterocycles. The molecule has 0 aliphatic carbocycles. The first kappa shape index (κ1) is 23.0. The summed E-state index contributed by atoms with van der Waals surface area (Å²) in [4.78, 5) is 36.3. The molecule has 0 aromatic heterocycles. The number of allylic oxidation sites excluding steroid dienone is 1. The summed E-state index contributed by atoms with van der Waals surface area (Å²) in [7, 11) is 0. The molecule has 0 radical (unpaired) electrons. The first-order valence-electron chi connectivity index (χ1n) is 8.42. The molecule has 0 N–H and O–H groups in total. The molecule has 1 saturated heterocycles. The highest BCUT2D eigenvalue weighted by Crippen LogP contribution is 2.46. The normalized spacial score (nSPS) is 28.7. The molecule has 1 aliphatic rings. The van der Waals surface area contributed by atoms with Crippen LogP contribution >= 0.6 is 22.6 Å². The third kappa shape index (κ3) is 4.64. The Morgan fingerprint density at radius 2 is 1.93 bits per heavy atom. The minimum Gasteiger partial charge on any atom is -0.448 e. The molecule has 6 nitrogen and oxygen atoms in total. The smallest absolute Gasteiger partial charge is 0.338 e. The molecule has 1 aromatic carbocycles. The second-order valence-corrected chi connectivity index (χ2v) is 7.07. The summed E-state index contributed by atoms with van der Waals surface area (Å²) in [5.74, 6) is -3.22. The summed E-state index contributed by atoms with van der Waals surface area (Å²) >= 11 is 1.60. The number of ether oxygens (including phenoxy) is 2. The second-order valence-electron chi connectivity index (χ2n) is 6.31. The number of hydrogen-bond donors (Lipinski definition) is 0. The van der Waals surface area contributed by atoms with Gasteiger partial charge in [-0.1, -0.05) is 46.7 Å². The number of carbonyl (C=O) groups excluding carboxylic acids is 3. The summed E-state index contributed by atoms with van der Waals surface area (Å²) < 4.78 is 41.2. The summed E-state index contributed by atoms with van der Waals surface area (Å²) in [6.07, 6.45) is 3.17. The molecule has 0 saturated carbocycles. The molecule has 2 rings (SSSR count). The first-order valence-corrected chi connectivity index (χ1v) is 9.94. The van der Waals surface area contributed by atoms with Gasteiger partial charge in [-0.15, -0.1) is 6.42 Å². The van der Waals surface area contributed by atoms with E-state index in [0.717, 1.165) is 19.2 Å². The predicted octanol–water partition coefficient (Wildman–Crippen LogP) is 2.96. The van der Waals surface area contributed by atoms with Crippen molar-refractivity contribution in [1.29, 1.82) is 0 Å². The van der Waals surface area contributed by atoms with Crippen LogP contribution in [0.2, 0.25) is 0 Å². The molecule has 154 valence electrons. The largest absolute Gasteiger partial charge is 0.448 e. The van der Waals surface area contributed by atoms with Gasteiger partial charge in [0.2, 0.25) is 12.0 Å². The zero-order chi connectivity index (χ0) is 21.8. The topological polar surface area (TPSA) is 72.9 Å². The Bertz CT molecular complexity index is 871. The zero-order valence-electron chi connectivity index (χ0n) is 15.6. The lowest BCUT2D eigenvalue weighted by atomic mass is 9.95. The van der Waals surface area contributed by atoms with E-state index in [2.05, 4.69) is 0 Å². The number of amides is 1. The third-order valence-corrected chi connectivity index (χ3v) is 5.20. The number of halogens is 3. The Labute approximate surface area is 180 Å². The van der Waals surface area contributed by atoms with Crippen molar-refractivity contribution in [2.75, 3.05) is 4.43 Å². The highest BCUT2D eigenvalue weighted by Gasteiger charge is 2.69. The van der Waals surface area contributed by atoms with Gasteiger partial charge in [0.1, 0.15) is 0 Å². The number of nitrogens with zero attached hydrogens (tertiary/aromatic N) is 1. The van der Waals surface area contributed by atoms with Crippen molar-refractivity contribution in [2.45, 2.75) is 37.7 Å². The van der Waals surface area contributed by atoms with Crippen LogP contribution in [0, 0.1) is 12.3 Å². The summed E-state index contributed by atoms with van der Waals surface area (Å²) in [6, 6.07) is 7.58. The number of hydrogen-bond acceptors (Lipinski definition) is 5. The van der Waals surface area contributed by atoms with Gasteiger partial charge < -0.3 is 9.47 Å². The highest BCUT2D eigenvalue weighted by molar-refractivity contribution is 14.1. The monoisotopic (exact) mass is 517 g/mol. The Morgan fingerprint density at radius 3 is 2.41 bits per heavy atom. The van der Waals surface area contributed by atoms with Crippen LogP contribution in [0.3, 0.4) is 0 Å². The number of benzene rings is 1. The van der Waals surface area contributed by atoms with E-state index < -0.39 is 45.9 Å². The molecule has 1 amide bonds. The van der Waals surface area contributed by atoms with Crippen molar-refractivity contribution in [3.63, 3.8) is 0 Å². The van der Waals surface area contributed by atoms with Crippen molar-refractivity contribution < 1.29 is 32.6 Å². The van der Waals surface area contributed by atoms with Crippen LogP contribution in [0.4, 0.5) is 8.78 Å². The van der Waals surface area contributed by atoms with E-state index in [0.29, 0.717) is 4.90 Å². The van der Waals surface area contributed by atoms with Gasteiger partial charge in [-0.05, 0) is 25.1 Å². The van der Waals surface area contributed by atoms with Gasteiger partial charge in [-0.2, -0.15) is 0 Å². The molecule has 1 fully saturated rings. The van der Waals surface area contributed by atoms with E-state index in [1.165, 1.54) is 19.1 Å². The maximum absolute atomic E-state index is 15.9. The number of ketones is 1. The van der Waals surface area contributed by atoms with E-state index in [9.17, 15) is 14.4 Å². The summed E-state index contributed by atoms with van der Waals surface area (Å²) in [5.41, 5.74) is -2.96. The average Bonchev–Trinajstić information content (AvgIpc) is 2.91. The van der Waals surface area contributed by atoms with Crippen LogP contribution in [-0.4, -0.2) is 50.8 Å². The van der Waals surface area contributed by atoms with E-state index in [1.54, 1.807) is 46.7 Å². The fourth-order valence-corrected chi connectivity index (χ4v) is 3.32. The Kier molecular flexibility index (Phi) is 7.13. The minimum atomic E-state index is -3.02. The van der Waals surface area contributed by atoms with Crippen LogP contribution in [0.25, 0.3) is 0 Å². The Morgan fingerprint density at radius 1 is 1.31 bits per heavy atom. The van der Waals surface area contributed by atoms with Crippen molar-refractivity contribution in [1.82, 2.24) is 4.90 Å². The lowest BCUT2D eigenvalue weighted by molar-refractivity contribution is -0.181. The highest BCUT2D eigenvalue weighted by atomic mass is 127. The quantitative estimate of drug-likeness (QED) is 0.191. The molecule has 29 heavy (non-hydrogen) atoms. The van der Waals surface area contributed by atoms with Crippen molar-refractivity contribution in [3.05, 3.63) is 48.2 Å². The molecule has 1 aromatic rings. The van der Waals surface area contributed by atoms with E-state index in [1.807, 2.05) is 0 Å². The lowest BCUT2D eigenvalue weighted by Gasteiger charge is -2.30. The van der Waals surface area contributed by atoms with Gasteiger partial charge in [-0.3, -0.25) is 14.5 Å². The Hall–Kier alpha value is -2.32. The van der Waals surface area contributed by atoms with Crippen LogP contribution in [0.1, 0.15) is 24.2 Å². The molecule has 4 atom stereocenters.